The van der Waals surface area contributed by atoms with Gasteiger partial charge in [0.15, 0.2) is 0 Å². The van der Waals surface area contributed by atoms with E-state index in [2.05, 4.69) is 31.2 Å². The molecule has 1 aromatic carbocycles. The highest BCUT2D eigenvalue weighted by Gasteiger charge is 2.40. The molecule has 0 aliphatic heterocycles. The maximum atomic E-state index is 13.3. The van der Waals surface area contributed by atoms with E-state index in [9.17, 15) is 14.0 Å². The van der Waals surface area contributed by atoms with E-state index in [0.717, 1.165) is 10.0 Å². The molecule has 8 heteroatoms. The molecular weight excluding hydrogens is 403 g/mol. The minimum atomic E-state index is -0.904. The summed E-state index contributed by atoms with van der Waals surface area (Å²) in [5.74, 6) is -0.767. The van der Waals surface area contributed by atoms with Crippen LogP contribution in [0.4, 0.5) is 10.3 Å². The molecule has 1 unspecified atom stereocenters. The Kier molecular flexibility index (Phi) is 5.61. The van der Waals surface area contributed by atoms with E-state index >= 15 is 0 Å². The van der Waals surface area contributed by atoms with Crippen molar-refractivity contribution >= 4 is 33.7 Å². The summed E-state index contributed by atoms with van der Waals surface area (Å²) in [6.07, 6.45) is 2.70. The number of nitrogens with one attached hydrogen (secondary N) is 1. The van der Waals surface area contributed by atoms with E-state index in [-0.39, 0.29) is 30.9 Å². The molecule has 2 amide bonds. The van der Waals surface area contributed by atoms with Crippen LogP contribution in [-0.2, 0) is 4.79 Å². The van der Waals surface area contributed by atoms with Crippen LogP contribution in [-0.4, -0.2) is 45.9 Å². The monoisotopic (exact) mass is 420 g/mol. The van der Waals surface area contributed by atoms with Crippen LogP contribution in [0, 0.1) is 12.8 Å². The van der Waals surface area contributed by atoms with Gasteiger partial charge in [0.25, 0.3) is 5.91 Å². The fourth-order valence-corrected chi connectivity index (χ4v) is 2.74. The van der Waals surface area contributed by atoms with E-state index in [1.54, 1.807) is 36.7 Å². The third kappa shape index (κ3) is 4.85. The number of anilines is 1. The molecule has 0 spiro atoms. The highest BCUT2D eigenvalue weighted by atomic mass is 79.9. The number of nitrogens with zero attached hydrogens (tertiary/aromatic N) is 3. The van der Waals surface area contributed by atoms with Gasteiger partial charge in [-0.3, -0.25) is 14.9 Å². The summed E-state index contributed by atoms with van der Waals surface area (Å²) in [4.78, 5) is 34.4. The van der Waals surface area contributed by atoms with Crippen LogP contribution in [0.1, 0.15) is 22.3 Å². The van der Waals surface area contributed by atoms with Crippen molar-refractivity contribution in [3.63, 3.8) is 0 Å². The van der Waals surface area contributed by atoms with Crippen LogP contribution in [0.2, 0.25) is 0 Å². The SMILES string of the molecule is Cc1cnc(NC(=O)CN(CC2C[C@H]2F)C(=O)c2ccc(Br)cc2)nc1. The van der Waals surface area contributed by atoms with Crippen molar-refractivity contribution < 1.29 is 14.0 Å². The molecule has 1 aliphatic rings. The van der Waals surface area contributed by atoms with E-state index in [4.69, 9.17) is 0 Å². The van der Waals surface area contributed by atoms with Gasteiger partial charge in [0, 0.05) is 34.9 Å². The normalized spacial score (nSPS) is 18.3. The zero-order valence-corrected chi connectivity index (χ0v) is 15.7. The molecule has 0 saturated heterocycles. The number of amides is 2. The topological polar surface area (TPSA) is 75.2 Å². The molecule has 1 aliphatic carbocycles. The predicted molar refractivity (Wildman–Crippen MR) is 98.4 cm³/mol. The number of benzene rings is 1. The van der Waals surface area contributed by atoms with E-state index in [0.29, 0.717) is 12.0 Å². The minimum Gasteiger partial charge on any atom is -0.329 e. The highest BCUT2D eigenvalue weighted by molar-refractivity contribution is 9.10. The first-order chi connectivity index (χ1) is 12.4. The number of halogens is 2. The van der Waals surface area contributed by atoms with Gasteiger partial charge < -0.3 is 4.90 Å². The van der Waals surface area contributed by atoms with Gasteiger partial charge >= 0.3 is 0 Å². The van der Waals surface area contributed by atoms with Crippen LogP contribution in [0.5, 0.6) is 0 Å². The Morgan fingerprint density at radius 2 is 1.88 bits per heavy atom. The van der Waals surface area contributed by atoms with Crippen LogP contribution >= 0.6 is 15.9 Å². The lowest BCUT2D eigenvalue weighted by molar-refractivity contribution is -0.117. The maximum absolute atomic E-state index is 13.3. The third-order valence-electron chi connectivity index (χ3n) is 4.04. The van der Waals surface area contributed by atoms with Crippen molar-refractivity contribution in [2.75, 3.05) is 18.4 Å². The minimum absolute atomic E-state index is 0.173. The number of hydrogen-bond acceptors (Lipinski definition) is 4. The standard InChI is InChI=1S/C18H18BrFN4O2/c1-11-7-21-18(22-8-11)23-16(25)10-24(9-13-6-15(13)20)17(26)12-2-4-14(19)5-3-12/h2-5,7-8,13,15H,6,9-10H2,1H3,(H,21,22,23,25)/t13?,15-/m1/s1. The van der Waals surface area contributed by atoms with Crippen LogP contribution in [0.15, 0.2) is 41.1 Å². The van der Waals surface area contributed by atoms with Crippen molar-refractivity contribution in [1.82, 2.24) is 14.9 Å². The van der Waals surface area contributed by atoms with Gasteiger partial charge in [-0.1, -0.05) is 15.9 Å². The molecule has 1 fully saturated rings. The van der Waals surface area contributed by atoms with Crippen molar-refractivity contribution in [2.45, 2.75) is 19.5 Å². The van der Waals surface area contributed by atoms with Gasteiger partial charge in [-0.2, -0.15) is 0 Å². The Labute approximate surface area is 159 Å². The van der Waals surface area contributed by atoms with Gasteiger partial charge in [-0.15, -0.1) is 0 Å². The Bertz CT molecular complexity index is 798. The number of aryl methyl sites for hydroxylation is 1. The molecule has 1 heterocycles. The lowest BCUT2D eigenvalue weighted by atomic mass is 10.2. The Hall–Kier alpha value is -2.35. The van der Waals surface area contributed by atoms with Crippen molar-refractivity contribution in [1.29, 1.82) is 0 Å². The van der Waals surface area contributed by atoms with E-state index in [1.165, 1.54) is 4.90 Å². The first-order valence-electron chi connectivity index (χ1n) is 8.20. The third-order valence-corrected chi connectivity index (χ3v) is 4.56. The number of alkyl halides is 1. The van der Waals surface area contributed by atoms with Gasteiger partial charge in [0.05, 0.1) is 0 Å². The molecule has 1 saturated carbocycles. The zero-order chi connectivity index (χ0) is 18.7. The molecule has 136 valence electrons. The average Bonchev–Trinajstić information content (AvgIpc) is 3.31. The van der Waals surface area contributed by atoms with Crippen molar-refractivity contribution in [3.05, 3.63) is 52.3 Å². The fourth-order valence-electron chi connectivity index (χ4n) is 2.47. The molecule has 1 N–H and O–H groups in total. The van der Waals surface area contributed by atoms with Gasteiger partial charge in [-0.05, 0) is 43.2 Å². The lowest BCUT2D eigenvalue weighted by Gasteiger charge is -2.22. The summed E-state index contributed by atoms with van der Waals surface area (Å²) in [6.45, 7) is 1.86. The zero-order valence-electron chi connectivity index (χ0n) is 14.2. The molecule has 3 rings (SSSR count). The summed E-state index contributed by atoms with van der Waals surface area (Å²) in [7, 11) is 0. The number of carbonyl (C=O) groups excluding carboxylic acids is 2. The molecule has 1 aromatic heterocycles. The summed E-state index contributed by atoms with van der Waals surface area (Å²) in [5.41, 5.74) is 1.32. The Balaban J connectivity index is 1.68. The average molecular weight is 421 g/mol. The van der Waals surface area contributed by atoms with Crippen LogP contribution in [0.25, 0.3) is 0 Å². The molecule has 0 bridgehead atoms. The molecule has 2 aromatic rings. The fraction of sp³-hybridized carbons (Fsp3) is 0.333. The lowest BCUT2D eigenvalue weighted by Crippen LogP contribution is -2.39. The largest absolute Gasteiger partial charge is 0.329 e. The van der Waals surface area contributed by atoms with Crippen LogP contribution < -0.4 is 5.32 Å². The molecule has 6 nitrogen and oxygen atoms in total. The highest BCUT2D eigenvalue weighted by Crippen LogP contribution is 2.34. The number of carbonyl (C=O) groups is 2. The summed E-state index contributed by atoms with van der Waals surface area (Å²) in [6, 6.07) is 6.84. The second-order valence-electron chi connectivity index (χ2n) is 6.34. The number of rotatable bonds is 6. The maximum Gasteiger partial charge on any atom is 0.254 e. The van der Waals surface area contributed by atoms with Crippen molar-refractivity contribution in [3.8, 4) is 0 Å². The van der Waals surface area contributed by atoms with E-state index < -0.39 is 12.1 Å². The smallest absolute Gasteiger partial charge is 0.254 e. The summed E-state index contributed by atoms with van der Waals surface area (Å²) >= 11 is 3.32. The molecule has 0 radical (unpaired) electrons. The molecule has 2 atom stereocenters. The number of hydrogen-bond donors (Lipinski definition) is 1. The van der Waals surface area contributed by atoms with Crippen molar-refractivity contribution in [2.24, 2.45) is 5.92 Å². The summed E-state index contributed by atoms with van der Waals surface area (Å²) in [5, 5.41) is 2.56. The van der Waals surface area contributed by atoms with E-state index in [1.807, 2.05) is 6.92 Å². The summed E-state index contributed by atoms with van der Waals surface area (Å²) < 4.78 is 14.2. The first kappa shape index (κ1) is 18.4. The van der Waals surface area contributed by atoms with Crippen LogP contribution in [0.3, 0.4) is 0 Å². The quantitative estimate of drug-likeness (QED) is 0.779. The second kappa shape index (κ2) is 7.90. The van der Waals surface area contributed by atoms with Gasteiger partial charge in [0.2, 0.25) is 11.9 Å². The van der Waals surface area contributed by atoms with Gasteiger partial charge in [0.1, 0.15) is 12.7 Å². The Morgan fingerprint density at radius 3 is 2.46 bits per heavy atom. The Morgan fingerprint density at radius 1 is 1.27 bits per heavy atom. The second-order valence-corrected chi connectivity index (χ2v) is 7.25. The first-order valence-corrected chi connectivity index (χ1v) is 8.99. The molecule has 26 heavy (non-hydrogen) atoms. The predicted octanol–water partition coefficient (Wildman–Crippen LogP) is 2.99. The van der Waals surface area contributed by atoms with Gasteiger partial charge in [-0.25, -0.2) is 14.4 Å². The number of aromatic nitrogens is 2. The molecular formula is C18H18BrFN4O2.